The highest BCUT2D eigenvalue weighted by molar-refractivity contribution is 7.88. The van der Waals surface area contributed by atoms with Crippen LogP contribution in [0.3, 0.4) is 0 Å². The van der Waals surface area contributed by atoms with Crippen LogP contribution in [0.1, 0.15) is 11.1 Å². The number of para-hydroxylation sites is 1. The van der Waals surface area contributed by atoms with Crippen molar-refractivity contribution in [2.24, 2.45) is 0 Å². The van der Waals surface area contributed by atoms with Crippen molar-refractivity contribution in [2.45, 2.75) is 6.42 Å². The summed E-state index contributed by atoms with van der Waals surface area (Å²) in [5.41, 5.74) is 1.57. The zero-order valence-corrected chi connectivity index (χ0v) is 16.0. The number of rotatable bonds is 8. The molecular weight excluding hydrogens is 366 g/mol. The fourth-order valence-electron chi connectivity index (χ4n) is 2.48. The molecule has 1 amide bonds. The monoisotopic (exact) mass is 387 g/mol. The van der Waals surface area contributed by atoms with E-state index in [-0.39, 0.29) is 13.1 Å². The zero-order chi connectivity index (χ0) is 19.9. The molecule has 27 heavy (non-hydrogen) atoms. The Morgan fingerprint density at radius 2 is 1.96 bits per heavy atom. The molecule has 0 spiro atoms. The number of nitrogens with one attached hydrogen (secondary N) is 1. The van der Waals surface area contributed by atoms with Gasteiger partial charge in [0.25, 0.3) is 0 Å². The first-order valence-electron chi connectivity index (χ1n) is 8.20. The SMILES string of the molecule is COc1cccc(CCN(CC(=O)Nc2ccccc2C#N)S(C)(=O)=O)c1. The number of benzene rings is 2. The molecule has 2 rings (SSSR count). The smallest absolute Gasteiger partial charge is 0.239 e. The Labute approximate surface area is 159 Å². The summed E-state index contributed by atoms with van der Waals surface area (Å²) in [4.78, 5) is 12.3. The molecule has 0 fully saturated rings. The maximum Gasteiger partial charge on any atom is 0.239 e. The average molecular weight is 387 g/mol. The molecule has 0 aromatic heterocycles. The number of carbonyl (C=O) groups excluding carboxylic acids is 1. The number of nitriles is 1. The molecule has 2 aromatic rings. The number of methoxy groups -OCH3 is 1. The quantitative estimate of drug-likeness (QED) is 0.747. The van der Waals surface area contributed by atoms with E-state index < -0.39 is 15.9 Å². The first kappa shape index (κ1) is 20.4. The van der Waals surface area contributed by atoms with E-state index >= 15 is 0 Å². The lowest BCUT2D eigenvalue weighted by Gasteiger charge is -2.20. The Hall–Kier alpha value is -2.89. The Morgan fingerprint density at radius 1 is 1.22 bits per heavy atom. The van der Waals surface area contributed by atoms with E-state index in [1.807, 2.05) is 24.3 Å². The second-order valence-corrected chi connectivity index (χ2v) is 7.89. The number of amides is 1. The van der Waals surface area contributed by atoms with E-state index in [1.165, 1.54) is 0 Å². The van der Waals surface area contributed by atoms with Gasteiger partial charge in [-0.2, -0.15) is 9.57 Å². The third kappa shape index (κ3) is 6.09. The molecule has 0 unspecified atom stereocenters. The summed E-state index contributed by atoms with van der Waals surface area (Å²) >= 11 is 0. The number of anilines is 1. The molecule has 0 bridgehead atoms. The molecular formula is C19H21N3O4S. The third-order valence-electron chi connectivity index (χ3n) is 3.89. The van der Waals surface area contributed by atoms with Gasteiger partial charge in [0, 0.05) is 6.54 Å². The predicted octanol–water partition coefficient (Wildman–Crippen LogP) is 2.01. The van der Waals surface area contributed by atoms with Crippen LogP contribution in [0, 0.1) is 11.3 Å². The number of sulfonamides is 1. The van der Waals surface area contributed by atoms with Gasteiger partial charge < -0.3 is 10.1 Å². The molecule has 142 valence electrons. The van der Waals surface area contributed by atoms with Gasteiger partial charge in [0.05, 0.1) is 31.2 Å². The van der Waals surface area contributed by atoms with Crippen molar-refractivity contribution in [3.8, 4) is 11.8 Å². The van der Waals surface area contributed by atoms with E-state index in [4.69, 9.17) is 10.00 Å². The molecule has 1 N–H and O–H groups in total. The van der Waals surface area contributed by atoms with Crippen molar-refractivity contribution in [3.63, 3.8) is 0 Å². The van der Waals surface area contributed by atoms with Crippen molar-refractivity contribution in [3.05, 3.63) is 59.7 Å². The molecule has 0 aliphatic rings. The highest BCUT2D eigenvalue weighted by atomic mass is 32.2. The first-order chi connectivity index (χ1) is 12.8. The van der Waals surface area contributed by atoms with Crippen molar-refractivity contribution in [2.75, 3.05) is 31.8 Å². The lowest BCUT2D eigenvalue weighted by molar-refractivity contribution is -0.116. The fraction of sp³-hybridized carbons (Fsp3) is 0.263. The Balaban J connectivity index is 2.06. The third-order valence-corrected chi connectivity index (χ3v) is 5.14. The van der Waals surface area contributed by atoms with Crippen LogP contribution in [0.25, 0.3) is 0 Å². The van der Waals surface area contributed by atoms with Gasteiger partial charge in [-0.25, -0.2) is 8.42 Å². The van der Waals surface area contributed by atoms with Gasteiger partial charge in [-0.15, -0.1) is 0 Å². The summed E-state index contributed by atoms with van der Waals surface area (Å²) < 4.78 is 30.4. The minimum atomic E-state index is -3.58. The van der Waals surface area contributed by atoms with Gasteiger partial charge in [0.15, 0.2) is 0 Å². The predicted molar refractivity (Wildman–Crippen MR) is 103 cm³/mol. The highest BCUT2D eigenvalue weighted by Crippen LogP contribution is 2.15. The summed E-state index contributed by atoms with van der Waals surface area (Å²) in [5, 5.41) is 11.7. The second-order valence-electron chi connectivity index (χ2n) is 5.90. The standard InChI is InChI=1S/C19H21N3O4S/c1-26-17-8-5-6-15(12-17)10-11-22(27(2,24)25)14-19(23)21-18-9-4-3-7-16(18)13-20/h3-9,12H,10-11,14H2,1-2H3,(H,21,23). The van der Waals surface area contributed by atoms with Crippen LogP contribution in [-0.4, -0.2) is 45.1 Å². The van der Waals surface area contributed by atoms with Gasteiger partial charge in [-0.3, -0.25) is 4.79 Å². The lowest BCUT2D eigenvalue weighted by Crippen LogP contribution is -2.38. The van der Waals surface area contributed by atoms with Crippen LogP contribution >= 0.6 is 0 Å². The molecule has 7 nitrogen and oxygen atoms in total. The Morgan fingerprint density at radius 3 is 2.63 bits per heavy atom. The van der Waals surface area contributed by atoms with E-state index in [1.54, 1.807) is 37.4 Å². The fourth-order valence-corrected chi connectivity index (χ4v) is 3.26. The zero-order valence-electron chi connectivity index (χ0n) is 15.2. The number of carbonyl (C=O) groups is 1. The minimum absolute atomic E-state index is 0.152. The average Bonchev–Trinajstić information content (AvgIpc) is 2.64. The molecule has 0 saturated heterocycles. The number of hydrogen-bond acceptors (Lipinski definition) is 5. The normalized spacial score (nSPS) is 11.0. The molecule has 8 heteroatoms. The minimum Gasteiger partial charge on any atom is -0.497 e. The van der Waals surface area contributed by atoms with Gasteiger partial charge >= 0.3 is 0 Å². The largest absolute Gasteiger partial charge is 0.497 e. The van der Waals surface area contributed by atoms with Crippen molar-refractivity contribution in [1.82, 2.24) is 4.31 Å². The van der Waals surface area contributed by atoms with Crippen molar-refractivity contribution in [1.29, 1.82) is 5.26 Å². The summed E-state index contributed by atoms with van der Waals surface area (Å²) in [5.74, 6) is 0.179. The van der Waals surface area contributed by atoms with Crippen LogP contribution in [0.4, 0.5) is 5.69 Å². The van der Waals surface area contributed by atoms with E-state index in [0.717, 1.165) is 16.1 Å². The second kappa shape index (κ2) is 9.16. The van der Waals surface area contributed by atoms with Gasteiger partial charge in [0.1, 0.15) is 11.8 Å². The Bertz CT molecular complexity index is 951. The Kier molecular flexibility index (Phi) is 6.93. The molecule has 0 heterocycles. The van der Waals surface area contributed by atoms with E-state index in [0.29, 0.717) is 23.4 Å². The summed E-state index contributed by atoms with van der Waals surface area (Å²) in [6.07, 6.45) is 1.50. The lowest BCUT2D eigenvalue weighted by atomic mass is 10.1. The highest BCUT2D eigenvalue weighted by Gasteiger charge is 2.20. The molecule has 0 aliphatic carbocycles. The van der Waals surface area contributed by atoms with Crippen molar-refractivity contribution >= 4 is 21.6 Å². The maximum absolute atomic E-state index is 12.3. The number of ether oxygens (including phenoxy) is 1. The van der Waals surface area contributed by atoms with Crippen LogP contribution in [-0.2, 0) is 21.2 Å². The van der Waals surface area contributed by atoms with Crippen LogP contribution in [0.15, 0.2) is 48.5 Å². The van der Waals surface area contributed by atoms with Gasteiger partial charge in [0.2, 0.25) is 15.9 Å². The van der Waals surface area contributed by atoms with Gasteiger partial charge in [-0.1, -0.05) is 24.3 Å². The number of nitrogens with zero attached hydrogens (tertiary/aromatic N) is 2. The maximum atomic E-state index is 12.3. The number of hydrogen-bond donors (Lipinski definition) is 1. The van der Waals surface area contributed by atoms with E-state index in [2.05, 4.69) is 5.32 Å². The summed E-state index contributed by atoms with van der Waals surface area (Å²) in [6, 6.07) is 15.8. The van der Waals surface area contributed by atoms with Crippen LogP contribution in [0.2, 0.25) is 0 Å². The molecule has 0 radical (unpaired) electrons. The molecule has 0 saturated carbocycles. The van der Waals surface area contributed by atoms with Crippen LogP contribution in [0.5, 0.6) is 5.75 Å². The van der Waals surface area contributed by atoms with Crippen LogP contribution < -0.4 is 10.1 Å². The van der Waals surface area contributed by atoms with Gasteiger partial charge in [-0.05, 0) is 36.2 Å². The summed E-state index contributed by atoms with van der Waals surface area (Å²) in [7, 11) is -2.02. The molecule has 0 aliphatic heterocycles. The van der Waals surface area contributed by atoms with E-state index in [9.17, 15) is 13.2 Å². The first-order valence-corrected chi connectivity index (χ1v) is 10.1. The topological polar surface area (TPSA) is 99.5 Å². The molecule has 0 atom stereocenters. The molecule has 2 aromatic carbocycles. The van der Waals surface area contributed by atoms with Crippen molar-refractivity contribution < 1.29 is 17.9 Å². The summed E-state index contributed by atoms with van der Waals surface area (Å²) in [6.45, 7) is -0.179.